The van der Waals surface area contributed by atoms with E-state index in [1.807, 2.05) is 0 Å². The zero-order chi connectivity index (χ0) is 26.6. The van der Waals surface area contributed by atoms with E-state index >= 15 is 0 Å². The van der Waals surface area contributed by atoms with E-state index < -0.39 is 6.43 Å². The number of halogens is 2. The highest BCUT2D eigenvalue weighted by atomic mass is 19.3. The van der Waals surface area contributed by atoms with E-state index in [2.05, 4.69) is 26.8 Å². The minimum absolute atomic E-state index is 0.0241. The number of carbonyl (C=O) groups is 1. The molecule has 1 N–H and O–H groups in total. The number of aromatic nitrogens is 3. The average molecular weight is 520 g/mol. The van der Waals surface area contributed by atoms with Crippen LogP contribution >= 0.6 is 0 Å². The molecule has 4 aromatic rings. The molecule has 38 heavy (non-hydrogen) atoms. The molecule has 194 valence electrons. The first-order valence-electron chi connectivity index (χ1n) is 11.6. The maximum atomic E-state index is 13.9. The number of alkyl halides is 2. The van der Waals surface area contributed by atoms with Gasteiger partial charge < -0.3 is 24.4 Å². The van der Waals surface area contributed by atoms with Crippen LogP contribution in [0.3, 0.4) is 0 Å². The van der Waals surface area contributed by atoms with Gasteiger partial charge in [-0.2, -0.15) is 0 Å². The van der Waals surface area contributed by atoms with E-state index in [-0.39, 0.29) is 23.3 Å². The number of benzene rings is 2. The summed E-state index contributed by atoms with van der Waals surface area (Å²) in [4.78, 5) is 25.9. The molecule has 5 rings (SSSR count). The molecule has 1 amide bonds. The number of nitrogens with one attached hydrogen (secondary N) is 1. The van der Waals surface area contributed by atoms with Crippen molar-refractivity contribution in [3.05, 3.63) is 79.4 Å². The van der Waals surface area contributed by atoms with Gasteiger partial charge in [0.1, 0.15) is 29.7 Å². The van der Waals surface area contributed by atoms with Crippen LogP contribution in [0.5, 0.6) is 23.0 Å². The van der Waals surface area contributed by atoms with Gasteiger partial charge in [-0.15, -0.1) is 0 Å². The van der Waals surface area contributed by atoms with E-state index in [9.17, 15) is 13.6 Å². The lowest BCUT2D eigenvalue weighted by Gasteiger charge is -2.38. The van der Waals surface area contributed by atoms with Gasteiger partial charge in [-0.05, 0) is 42.5 Å². The molecule has 0 unspecified atom stereocenters. The maximum absolute atomic E-state index is 13.9. The van der Waals surface area contributed by atoms with E-state index in [4.69, 9.17) is 14.2 Å². The fraction of sp³-hybridized carbons (Fsp3) is 0.185. The molecular weight excluding hydrogens is 496 g/mol. The predicted octanol–water partition coefficient (Wildman–Crippen LogP) is 5.28. The Hall–Kier alpha value is -4.80. The van der Waals surface area contributed by atoms with Crippen LogP contribution in [-0.2, 0) is 4.79 Å². The molecule has 1 aliphatic rings. The third-order valence-corrected chi connectivity index (χ3v) is 5.92. The van der Waals surface area contributed by atoms with Crippen LogP contribution in [0.2, 0.25) is 0 Å². The quantitative estimate of drug-likeness (QED) is 0.298. The molecule has 0 atom stereocenters. The monoisotopic (exact) mass is 519 g/mol. The summed E-state index contributed by atoms with van der Waals surface area (Å²) in [6.07, 6.45) is 2.65. The van der Waals surface area contributed by atoms with Crippen molar-refractivity contribution in [2.45, 2.75) is 12.5 Å². The minimum atomic E-state index is -2.77. The number of fused-ring (bicyclic) bond motifs is 1. The van der Waals surface area contributed by atoms with Crippen molar-refractivity contribution < 1.29 is 27.8 Å². The van der Waals surface area contributed by atoms with Gasteiger partial charge in [-0.1, -0.05) is 6.58 Å². The van der Waals surface area contributed by atoms with Gasteiger partial charge in [0.15, 0.2) is 11.5 Å². The number of hydrogen-bond donors (Lipinski definition) is 1. The van der Waals surface area contributed by atoms with E-state index in [0.29, 0.717) is 52.7 Å². The topological polar surface area (TPSA) is 98.7 Å². The second-order valence-electron chi connectivity index (χ2n) is 8.40. The Morgan fingerprint density at radius 1 is 1.16 bits per heavy atom. The van der Waals surface area contributed by atoms with Crippen LogP contribution in [0.25, 0.3) is 10.9 Å². The number of hydrogen-bond acceptors (Lipinski definition) is 8. The van der Waals surface area contributed by atoms with E-state index in [0.717, 1.165) is 0 Å². The first-order chi connectivity index (χ1) is 18.4. The van der Waals surface area contributed by atoms with Crippen LogP contribution in [0.4, 0.5) is 20.3 Å². The molecule has 11 heteroatoms. The normalized spacial score (nSPS) is 13.2. The van der Waals surface area contributed by atoms with Crippen LogP contribution in [0.15, 0.2) is 73.8 Å². The number of rotatable bonds is 9. The second kappa shape index (κ2) is 10.7. The van der Waals surface area contributed by atoms with Crippen LogP contribution in [0, 0.1) is 0 Å². The number of ether oxygens (including phenoxy) is 3. The molecule has 0 saturated carbocycles. The molecule has 1 fully saturated rings. The van der Waals surface area contributed by atoms with Crippen molar-refractivity contribution in [3.63, 3.8) is 0 Å². The Kier molecular flexibility index (Phi) is 6.98. The number of nitrogens with zero attached hydrogens (tertiary/aromatic N) is 4. The molecule has 1 saturated heterocycles. The van der Waals surface area contributed by atoms with Gasteiger partial charge in [0.2, 0.25) is 5.91 Å². The number of carbonyl (C=O) groups excluding carboxylic acids is 1. The van der Waals surface area contributed by atoms with Crippen molar-refractivity contribution in [2.24, 2.45) is 0 Å². The van der Waals surface area contributed by atoms with Crippen molar-refractivity contribution in [1.29, 1.82) is 0 Å². The molecule has 1 aliphatic heterocycles. The zero-order valence-electron chi connectivity index (χ0n) is 20.3. The Labute approximate surface area is 216 Å². The predicted molar refractivity (Wildman–Crippen MR) is 136 cm³/mol. The maximum Gasteiger partial charge on any atom is 0.267 e. The van der Waals surface area contributed by atoms with Crippen molar-refractivity contribution in [2.75, 3.05) is 25.5 Å². The van der Waals surface area contributed by atoms with Gasteiger partial charge >= 0.3 is 0 Å². The van der Waals surface area contributed by atoms with Gasteiger partial charge in [0.05, 0.1) is 37.5 Å². The molecule has 0 aliphatic carbocycles. The Bertz CT molecular complexity index is 1480. The largest absolute Gasteiger partial charge is 0.493 e. The molecule has 9 nitrogen and oxygen atoms in total. The highest BCUT2D eigenvalue weighted by molar-refractivity contribution is 5.93. The number of anilines is 2. The van der Waals surface area contributed by atoms with Gasteiger partial charge in [-0.25, -0.2) is 18.7 Å². The molecule has 0 bridgehead atoms. The lowest BCUT2D eigenvalue weighted by molar-refractivity contribution is -0.134. The summed E-state index contributed by atoms with van der Waals surface area (Å²) in [5.74, 6) is 1.52. The van der Waals surface area contributed by atoms with Crippen LogP contribution in [-0.4, -0.2) is 52.1 Å². The first-order valence-corrected chi connectivity index (χ1v) is 11.6. The molecule has 0 radical (unpaired) electrons. The third-order valence-electron chi connectivity index (χ3n) is 5.92. The van der Waals surface area contributed by atoms with E-state index in [1.54, 1.807) is 41.4 Å². The summed E-state index contributed by atoms with van der Waals surface area (Å²) < 4.78 is 44.9. The van der Waals surface area contributed by atoms with Gasteiger partial charge in [-0.3, -0.25) is 9.78 Å². The molecule has 3 heterocycles. The summed E-state index contributed by atoms with van der Waals surface area (Å²) in [7, 11) is 1.52. The second-order valence-corrected chi connectivity index (χ2v) is 8.40. The summed E-state index contributed by atoms with van der Waals surface area (Å²) in [5, 5.41) is 3.69. The minimum Gasteiger partial charge on any atom is -0.493 e. The Morgan fingerprint density at radius 2 is 2.00 bits per heavy atom. The van der Waals surface area contributed by atoms with Gasteiger partial charge in [0.25, 0.3) is 6.43 Å². The number of methoxy groups -OCH3 is 1. The lowest BCUT2D eigenvalue weighted by atomic mass is 10.1. The van der Waals surface area contributed by atoms with E-state index in [1.165, 1.54) is 37.8 Å². The molecule has 2 aromatic carbocycles. The fourth-order valence-corrected chi connectivity index (χ4v) is 3.98. The van der Waals surface area contributed by atoms with Crippen LogP contribution in [0.1, 0.15) is 12.0 Å². The zero-order valence-corrected chi connectivity index (χ0v) is 20.3. The Balaban J connectivity index is 1.42. The summed E-state index contributed by atoms with van der Waals surface area (Å²) in [6.45, 7) is 4.34. The molecule has 2 aromatic heterocycles. The third kappa shape index (κ3) is 5.17. The van der Waals surface area contributed by atoms with Crippen LogP contribution < -0.4 is 19.5 Å². The highest BCUT2D eigenvalue weighted by Crippen LogP contribution is 2.38. The number of amides is 1. The first kappa shape index (κ1) is 24.9. The standard InChI is InChI=1S/C27H23F2N5O4/c1-3-25(35)34-13-18(14-34)38-24-10-19-21(11-23(24)36-2)31-15-32-27(19)33-16-6-7-22(20(9-16)26(28)29)37-17-5-4-8-30-12-17/h3-12,15,18,26H,1,13-14H2,2H3,(H,31,32,33). The van der Waals surface area contributed by atoms with Crippen molar-refractivity contribution in [3.8, 4) is 23.0 Å². The van der Waals surface area contributed by atoms with Gasteiger partial charge in [0, 0.05) is 23.3 Å². The molecular formula is C27H23F2N5O4. The smallest absolute Gasteiger partial charge is 0.267 e. The summed E-state index contributed by atoms with van der Waals surface area (Å²) in [5.41, 5.74) is 0.663. The fourth-order valence-electron chi connectivity index (χ4n) is 3.98. The summed E-state index contributed by atoms with van der Waals surface area (Å²) in [6, 6.07) is 11.1. The lowest BCUT2D eigenvalue weighted by Crippen LogP contribution is -2.55. The highest BCUT2D eigenvalue weighted by Gasteiger charge is 2.31. The number of pyridine rings is 1. The summed E-state index contributed by atoms with van der Waals surface area (Å²) >= 11 is 0. The average Bonchev–Trinajstić information content (AvgIpc) is 2.91. The SMILES string of the molecule is C=CC(=O)N1CC(Oc2cc3c(Nc4ccc(Oc5cccnc5)c(C(F)F)c4)ncnc3cc2OC)C1. The number of likely N-dealkylation sites (tertiary alicyclic amines) is 1. The Morgan fingerprint density at radius 3 is 2.71 bits per heavy atom. The molecule has 0 spiro atoms. The van der Waals surface area contributed by atoms with Crippen molar-refractivity contribution in [1.82, 2.24) is 19.9 Å². The van der Waals surface area contributed by atoms with Crippen molar-refractivity contribution >= 4 is 28.3 Å².